The lowest BCUT2D eigenvalue weighted by atomic mass is 10.2. The Morgan fingerprint density at radius 3 is 2.77 bits per heavy atom. The lowest BCUT2D eigenvalue weighted by molar-refractivity contribution is 0.102. The molecule has 1 aromatic carbocycles. The van der Waals surface area contributed by atoms with E-state index in [1.807, 2.05) is 12.1 Å². The molecule has 3 aromatic rings. The fraction of sp³-hybridized carbons (Fsp3) is 0.111. The first kappa shape index (κ1) is 18.1. The Balaban J connectivity index is 1.76. The van der Waals surface area contributed by atoms with Gasteiger partial charge in [-0.2, -0.15) is 0 Å². The summed E-state index contributed by atoms with van der Waals surface area (Å²) in [6.07, 6.45) is 3.45. The molecule has 0 fully saturated rings. The summed E-state index contributed by atoms with van der Waals surface area (Å²) in [5.41, 5.74) is 2.29. The summed E-state index contributed by atoms with van der Waals surface area (Å²) in [6.45, 7) is 2.29. The first-order valence-electron chi connectivity index (χ1n) is 7.77. The molecule has 0 unspecified atom stereocenters. The van der Waals surface area contributed by atoms with Crippen molar-refractivity contribution in [3.05, 3.63) is 75.8 Å². The van der Waals surface area contributed by atoms with E-state index in [2.05, 4.69) is 25.6 Å². The van der Waals surface area contributed by atoms with Crippen molar-refractivity contribution in [3.63, 3.8) is 0 Å². The second-order valence-electron chi connectivity index (χ2n) is 5.49. The third-order valence-electron chi connectivity index (χ3n) is 3.46. The Hall–Kier alpha value is -2.70. The molecule has 132 valence electrons. The van der Waals surface area contributed by atoms with Crippen molar-refractivity contribution in [2.45, 2.75) is 13.5 Å². The van der Waals surface area contributed by atoms with Crippen molar-refractivity contribution in [1.29, 1.82) is 0 Å². The highest BCUT2D eigenvalue weighted by molar-refractivity contribution is 6.44. The maximum Gasteiger partial charge on any atom is 0.274 e. The van der Waals surface area contributed by atoms with Crippen molar-refractivity contribution < 1.29 is 4.79 Å². The van der Waals surface area contributed by atoms with Crippen LogP contribution < -0.4 is 10.6 Å². The second kappa shape index (κ2) is 8.12. The van der Waals surface area contributed by atoms with Gasteiger partial charge in [0.15, 0.2) is 0 Å². The molecule has 0 saturated heterocycles. The van der Waals surface area contributed by atoms with Crippen LogP contribution in [0.15, 0.2) is 48.8 Å². The van der Waals surface area contributed by atoms with E-state index in [1.165, 1.54) is 0 Å². The van der Waals surface area contributed by atoms with Crippen LogP contribution in [0.25, 0.3) is 0 Å². The quantitative estimate of drug-likeness (QED) is 0.679. The third-order valence-corrected chi connectivity index (χ3v) is 4.28. The first-order chi connectivity index (χ1) is 12.5. The number of hydrogen-bond acceptors (Lipinski definition) is 5. The predicted octanol–water partition coefficient (Wildman–Crippen LogP) is 4.35. The molecule has 1 amide bonds. The number of halogens is 2. The fourth-order valence-electron chi connectivity index (χ4n) is 2.23. The molecule has 0 radical (unpaired) electrons. The lowest BCUT2D eigenvalue weighted by Crippen LogP contribution is -2.16. The summed E-state index contributed by atoms with van der Waals surface area (Å²) in [5.74, 6) is -0.0414. The van der Waals surface area contributed by atoms with E-state index in [0.717, 1.165) is 5.56 Å². The molecule has 0 aliphatic carbocycles. The Morgan fingerprint density at radius 1 is 1.15 bits per heavy atom. The van der Waals surface area contributed by atoms with Gasteiger partial charge < -0.3 is 10.6 Å². The number of rotatable bonds is 5. The highest BCUT2D eigenvalue weighted by Crippen LogP contribution is 2.29. The third kappa shape index (κ3) is 4.47. The lowest BCUT2D eigenvalue weighted by Gasteiger charge is -2.10. The second-order valence-corrected chi connectivity index (χ2v) is 6.27. The van der Waals surface area contributed by atoms with Gasteiger partial charge in [0, 0.05) is 24.6 Å². The molecule has 0 spiro atoms. The summed E-state index contributed by atoms with van der Waals surface area (Å²) < 4.78 is 0. The average Bonchev–Trinajstić information content (AvgIpc) is 2.64. The van der Waals surface area contributed by atoms with Gasteiger partial charge in [-0.15, -0.1) is 0 Å². The Labute approximate surface area is 160 Å². The molecule has 2 N–H and O–H groups in total. The van der Waals surface area contributed by atoms with E-state index < -0.39 is 5.91 Å². The summed E-state index contributed by atoms with van der Waals surface area (Å²) in [7, 11) is 0. The Bertz CT molecular complexity index is 934. The zero-order valence-corrected chi connectivity index (χ0v) is 15.3. The largest absolute Gasteiger partial charge is 0.350 e. The van der Waals surface area contributed by atoms with Crippen LogP contribution in [0.4, 0.5) is 11.6 Å². The number of aromatic nitrogens is 3. The molecule has 2 heterocycles. The van der Waals surface area contributed by atoms with Gasteiger partial charge in [0.1, 0.15) is 5.69 Å². The van der Waals surface area contributed by atoms with Gasteiger partial charge in [0.05, 0.1) is 15.7 Å². The summed E-state index contributed by atoms with van der Waals surface area (Å²) in [6, 6.07) is 10.4. The molecule has 0 saturated carbocycles. The maximum atomic E-state index is 12.5. The monoisotopic (exact) mass is 387 g/mol. The minimum atomic E-state index is -0.399. The van der Waals surface area contributed by atoms with E-state index in [-0.39, 0.29) is 10.7 Å². The maximum absolute atomic E-state index is 12.5. The predicted molar refractivity (Wildman–Crippen MR) is 103 cm³/mol. The number of aryl methyl sites for hydroxylation is 1. The molecule has 8 heteroatoms. The highest BCUT2D eigenvalue weighted by Gasteiger charge is 2.13. The van der Waals surface area contributed by atoms with E-state index in [0.29, 0.717) is 28.9 Å². The zero-order valence-electron chi connectivity index (χ0n) is 13.8. The first-order valence-corrected chi connectivity index (χ1v) is 8.52. The van der Waals surface area contributed by atoms with E-state index in [4.69, 9.17) is 23.2 Å². The average molecular weight is 388 g/mol. The number of benzene rings is 1. The normalized spacial score (nSPS) is 10.4. The molecule has 0 aliphatic heterocycles. The van der Waals surface area contributed by atoms with Crippen LogP contribution in [0.2, 0.25) is 10.0 Å². The number of nitrogens with zero attached hydrogens (tertiary/aromatic N) is 3. The molecule has 6 nitrogen and oxygen atoms in total. The van der Waals surface area contributed by atoms with Crippen LogP contribution in [-0.2, 0) is 6.54 Å². The minimum absolute atomic E-state index is 0.224. The smallest absolute Gasteiger partial charge is 0.274 e. The van der Waals surface area contributed by atoms with Crippen molar-refractivity contribution >= 4 is 40.7 Å². The molecular formula is C18H15Cl2N5O. The van der Waals surface area contributed by atoms with Gasteiger partial charge in [-0.25, -0.2) is 9.97 Å². The van der Waals surface area contributed by atoms with Crippen molar-refractivity contribution in [2.24, 2.45) is 0 Å². The van der Waals surface area contributed by atoms with Gasteiger partial charge in [-0.1, -0.05) is 35.3 Å². The SMILES string of the molecule is Cc1cc(C(=O)Nc2cccc(Cl)c2Cl)nc(NCc2cccnc2)n1. The number of pyridine rings is 1. The number of anilines is 2. The number of nitrogens with one attached hydrogen (secondary N) is 2. The Kier molecular flexibility index (Phi) is 5.65. The molecule has 2 aromatic heterocycles. The molecule has 0 aliphatic rings. The number of carbonyl (C=O) groups excluding carboxylic acids is 1. The van der Waals surface area contributed by atoms with Crippen molar-refractivity contribution in [2.75, 3.05) is 10.6 Å². The van der Waals surface area contributed by atoms with E-state index in [9.17, 15) is 4.79 Å². The van der Waals surface area contributed by atoms with Crippen LogP contribution in [0.3, 0.4) is 0 Å². The van der Waals surface area contributed by atoms with Crippen molar-refractivity contribution in [3.8, 4) is 0 Å². The summed E-state index contributed by atoms with van der Waals surface area (Å²) in [4.78, 5) is 25.1. The molecule has 0 atom stereocenters. The van der Waals surface area contributed by atoms with Crippen LogP contribution in [-0.4, -0.2) is 20.9 Å². The van der Waals surface area contributed by atoms with Crippen LogP contribution in [0.1, 0.15) is 21.7 Å². The standard InChI is InChI=1S/C18H15Cl2N5O/c1-11-8-15(17(26)24-14-6-2-5-13(19)16(14)20)25-18(23-11)22-10-12-4-3-7-21-9-12/h2-9H,10H2,1H3,(H,24,26)(H,22,23,25). The van der Waals surface area contributed by atoms with Crippen LogP contribution in [0, 0.1) is 6.92 Å². The van der Waals surface area contributed by atoms with Crippen molar-refractivity contribution in [1.82, 2.24) is 15.0 Å². The minimum Gasteiger partial charge on any atom is -0.350 e. The summed E-state index contributed by atoms with van der Waals surface area (Å²) >= 11 is 12.1. The van der Waals surface area contributed by atoms with E-state index >= 15 is 0 Å². The topological polar surface area (TPSA) is 79.8 Å². The van der Waals surface area contributed by atoms with Gasteiger partial charge in [-0.05, 0) is 36.8 Å². The fourth-order valence-corrected chi connectivity index (χ4v) is 2.58. The van der Waals surface area contributed by atoms with Gasteiger partial charge in [0.25, 0.3) is 5.91 Å². The zero-order chi connectivity index (χ0) is 18.5. The van der Waals surface area contributed by atoms with Gasteiger partial charge in [-0.3, -0.25) is 9.78 Å². The van der Waals surface area contributed by atoms with Gasteiger partial charge >= 0.3 is 0 Å². The molecule has 3 rings (SSSR count). The number of hydrogen-bond donors (Lipinski definition) is 2. The molecule has 0 bridgehead atoms. The Morgan fingerprint density at radius 2 is 2.00 bits per heavy atom. The number of carbonyl (C=O) groups is 1. The van der Waals surface area contributed by atoms with Crippen LogP contribution >= 0.6 is 23.2 Å². The highest BCUT2D eigenvalue weighted by atomic mass is 35.5. The van der Waals surface area contributed by atoms with Gasteiger partial charge in [0.2, 0.25) is 5.95 Å². The number of amides is 1. The summed E-state index contributed by atoms with van der Waals surface area (Å²) in [5, 5.41) is 6.45. The van der Waals surface area contributed by atoms with E-state index in [1.54, 1.807) is 43.6 Å². The van der Waals surface area contributed by atoms with Crippen LogP contribution in [0.5, 0.6) is 0 Å². The molecular weight excluding hydrogens is 373 g/mol. The molecule has 26 heavy (non-hydrogen) atoms.